The van der Waals surface area contributed by atoms with Gasteiger partial charge in [0.1, 0.15) is 5.69 Å². The van der Waals surface area contributed by atoms with Crippen LogP contribution in [0.1, 0.15) is 27.3 Å². The minimum absolute atomic E-state index is 0.0152. The lowest BCUT2D eigenvalue weighted by molar-refractivity contribution is 0.0715. The van der Waals surface area contributed by atoms with Crippen molar-refractivity contribution in [3.63, 3.8) is 0 Å². The summed E-state index contributed by atoms with van der Waals surface area (Å²) in [5.41, 5.74) is 1.03. The Morgan fingerprint density at radius 3 is 2.24 bits per heavy atom. The van der Waals surface area contributed by atoms with Crippen molar-refractivity contribution < 1.29 is 9.59 Å². The highest BCUT2D eigenvalue weighted by Gasteiger charge is 2.24. The van der Waals surface area contributed by atoms with E-state index in [4.69, 9.17) is 0 Å². The SMILES string of the molecule is CSc1ccc(C(=O)N2CCCN(C(=O)c3cnccn3)CC2)cc1. The highest BCUT2D eigenvalue weighted by atomic mass is 32.2. The minimum Gasteiger partial charge on any atom is -0.337 e. The zero-order chi connectivity index (χ0) is 17.6. The monoisotopic (exact) mass is 356 g/mol. The third kappa shape index (κ3) is 4.17. The Kier molecular flexibility index (Phi) is 5.65. The van der Waals surface area contributed by atoms with Crippen LogP contribution in [0.25, 0.3) is 0 Å². The van der Waals surface area contributed by atoms with Crippen LogP contribution >= 0.6 is 11.8 Å². The summed E-state index contributed by atoms with van der Waals surface area (Å²) in [6.07, 6.45) is 7.29. The van der Waals surface area contributed by atoms with E-state index < -0.39 is 0 Å². The van der Waals surface area contributed by atoms with Crippen molar-refractivity contribution in [3.05, 3.63) is 54.1 Å². The van der Waals surface area contributed by atoms with Gasteiger partial charge in [-0.2, -0.15) is 0 Å². The summed E-state index contributed by atoms with van der Waals surface area (Å²) < 4.78 is 0. The first-order valence-electron chi connectivity index (χ1n) is 8.17. The van der Waals surface area contributed by atoms with Crippen molar-refractivity contribution in [2.24, 2.45) is 0 Å². The van der Waals surface area contributed by atoms with Crippen LogP contribution in [-0.2, 0) is 0 Å². The molecule has 6 nitrogen and oxygen atoms in total. The van der Waals surface area contributed by atoms with Crippen LogP contribution in [0.15, 0.2) is 47.8 Å². The minimum atomic E-state index is -0.133. The van der Waals surface area contributed by atoms with E-state index in [1.54, 1.807) is 22.9 Å². The smallest absolute Gasteiger partial charge is 0.274 e. The van der Waals surface area contributed by atoms with E-state index in [-0.39, 0.29) is 11.8 Å². The van der Waals surface area contributed by atoms with Gasteiger partial charge in [0.05, 0.1) is 6.20 Å². The number of aromatic nitrogens is 2. The Morgan fingerprint density at radius 1 is 0.960 bits per heavy atom. The number of hydrogen-bond donors (Lipinski definition) is 0. The van der Waals surface area contributed by atoms with Crippen LogP contribution in [0.5, 0.6) is 0 Å². The zero-order valence-corrected chi connectivity index (χ0v) is 14.9. The first-order valence-corrected chi connectivity index (χ1v) is 9.40. The van der Waals surface area contributed by atoms with Gasteiger partial charge in [0.25, 0.3) is 11.8 Å². The third-order valence-corrected chi connectivity index (χ3v) is 4.93. The van der Waals surface area contributed by atoms with E-state index in [0.29, 0.717) is 37.4 Å². The molecule has 1 aliphatic rings. The molecule has 0 unspecified atom stereocenters. The average molecular weight is 356 g/mol. The molecule has 1 aromatic carbocycles. The lowest BCUT2D eigenvalue weighted by Gasteiger charge is -2.22. The maximum Gasteiger partial charge on any atom is 0.274 e. The molecule has 0 spiro atoms. The predicted molar refractivity (Wildman–Crippen MR) is 96.7 cm³/mol. The zero-order valence-electron chi connectivity index (χ0n) is 14.1. The molecule has 1 saturated heterocycles. The Bertz CT molecular complexity index is 737. The molecule has 7 heteroatoms. The number of nitrogens with zero attached hydrogens (tertiary/aromatic N) is 4. The van der Waals surface area contributed by atoms with Crippen LogP contribution < -0.4 is 0 Å². The van der Waals surface area contributed by atoms with Crippen molar-refractivity contribution in [3.8, 4) is 0 Å². The van der Waals surface area contributed by atoms with Gasteiger partial charge in [0, 0.05) is 49.0 Å². The standard InChI is InChI=1S/C18H20N4O2S/c1-25-15-5-3-14(4-6-15)17(23)21-9-2-10-22(12-11-21)18(24)16-13-19-7-8-20-16/h3-8,13H,2,9-12H2,1H3. The van der Waals surface area contributed by atoms with E-state index in [1.165, 1.54) is 12.4 Å². The highest BCUT2D eigenvalue weighted by Crippen LogP contribution is 2.17. The molecule has 0 radical (unpaired) electrons. The summed E-state index contributed by atoms with van der Waals surface area (Å²) in [5.74, 6) is -0.117. The summed E-state index contributed by atoms with van der Waals surface area (Å²) >= 11 is 1.65. The van der Waals surface area contributed by atoms with E-state index in [0.717, 1.165) is 11.3 Å². The highest BCUT2D eigenvalue weighted by molar-refractivity contribution is 7.98. The molecule has 0 atom stereocenters. The molecule has 25 heavy (non-hydrogen) atoms. The lowest BCUT2D eigenvalue weighted by atomic mass is 10.2. The van der Waals surface area contributed by atoms with Gasteiger partial charge in [-0.05, 0) is 36.9 Å². The summed E-state index contributed by atoms with van der Waals surface area (Å²) in [5, 5.41) is 0. The Hall–Kier alpha value is -2.41. The maximum absolute atomic E-state index is 12.7. The van der Waals surface area contributed by atoms with E-state index >= 15 is 0 Å². The molecule has 2 heterocycles. The fourth-order valence-electron chi connectivity index (χ4n) is 2.81. The first-order chi connectivity index (χ1) is 12.2. The lowest BCUT2D eigenvalue weighted by Crippen LogP contribution is -2.37. The molecule has 3 rings (SSSR count). The maximum atomic E-state index is 12.7. The number of carbonyl (C=O) groups is 2. The van der Waals surface area contributed by atoms with Gasteiger partial charge in [0.15, 0.2) is 0 Å². The molecule has 2 amide bonds. The largest absolute Gasteiger partial charge is 0.337 e. The van der Waals surface area contributed by atoms with Gasteiger partial charge in [-0.25, -0.2) is 4.98 Å². The summed E-state index contributed by atoms with van der Waals surface area (Å²) in [7, 11) is 0. The fourth-order valence-corrected chi connectivity index (χ4v) is 3.22. The summed E-state index contributed by atoms with van der Waals surface area (Å²) in [6, 6.07) is 7.64. The van der Waals surface area contributed by atoms with Gasteiger partial charge in [-0.3, -0.25) is 14.6 Å². The van der Waals surface area contributed by atoms with Crippen molar-refractivity contribution in [2.75, 3.05) is 32.4 Å². The second-order valence-electron chi connectivity index (χ2n) is 5.76. The van der Waals surface area contributed by atoms with Gasteiger partial charge < -0.3 is 9.80 Å². The predicted octanol–water partition coefficient (Wildman–Crippen LogP) is 2.19. The molecule has 0 saturated carbocycles. The Labute approximate surface area is 151 Å². The van der Waals surface area contributed by atoms with Gasteiger partial charge in [-0.15, -0.1) is 11.8 Å². The summed E-state index contributed by atoms with van der Waals surface area (Å²) in [6.45, 7) is 2.29. The quantitative estimate of drug-likeness (QED) is 0.789. The molecule has 130 valence electrons. The number of carbonyl (C=O) groups excluding carboxylic acids is 2. The number of rotatable bonds is 3. The molecule has 1 aromatic heterocycles. The van der Waals surface area contributed by atoms with Crippen LogP contribution in [-0.4, -0.2) is 64.0 Å². The summed E-state index contributed by atoms with van der Waals surface area (Å²) in [4.78, 5) is 37.9. The second kappa shape index (κ2) is 8.11. The molecule has 2 aromatic rings. The molecule has 0 N–H and O–H groups in total. The first kappa shape index (κ1) is 17.4. The second-order valence-corrected chi connectivity index (χ2v) is 6.64. The Morgan fingerprint density at radius 2 is 1.64 bits per heavy atom. The van der Waals surface area contributed by atoms with E-state index in [9.17, 15) is 9.59 Å². The van der Waals surface area contributed by atoms with Crippen molar-refractivity contribution in [2.45, 2.75) is 11.3 Å². The van der Waals surface area contributed by atoms with E-state index in [2.05, 4.69) is 9.97 Å². The van der Waals surface area contributed by atoms with Crippen LogP contribution in [0.4, 0.5) is 0 Å². The average Bonchev–Trinajstić information content (AvgIpc) is 2.94. The molecule has 1 fully saturated rings. The van der Waals surface area contributed by atoms with Crippen molar-refractivity contribution in [1.82, 2.24) is 19.8 Å². The number of hydrogen-bond acceptors (Lipinski definition) is 5. The molecule has 0 aliphatic carbocycles. The number of thioether (sulfide) groups is 1. The van der Waals surface area contributed by atoms with Crippen LogP contribution in [0.3, 0.4) is 0 Å². The number of benzene rings is 1. The molecular formula is C18H20N4O2S. The fraction of sp³-hybridized carbons (Fsp3) is 0.333. The number of amides is 2. The van der Waals surface area contributed by atoms with Crippen LogP contribution in [0.2, 0.25) is 0 Å². The van der Waals surface area contributed by atoms with Gasteiger partial charge in [0.2, 0.25) is 0 Å². The van der Waals surface area contributed by atoms with Gasteiger partial charge >= 0.3 is 0 Å². The third-order valence-electron chi connectivity index (χ3n) is 4.19. The molecule has 0 bridgehead atoms. The van der Waals surface area contributed by atoms with Gasteiger partial charge in [-0.1, -0.05) is 0 Å². The molecule has 1 aliphatic heterocycles. The topological polar surface area (TPSA) is 66.4 Å². The normalized spacial score (nSPS) is 14.9. The molecular weight excluding hydrogens is 336 g/mol. The van der Waals surface area contributed by atoms with Crippen LogP contribution in [0, 0.1) is 0 Å². The van der Waals surface area contributed by atoms with E-state index in [1.807, 2.05) is 35.4 Å². The van der Waals surface area contributed by atoms with Crippen molar-refractivity contribution in [1.29, 1.82) is 0 Å². The van der Waals surface area contributed by atoms with Crippen molar-refractivity contribution >= 4 is 23.6 Å². The Balaban J connectivity index is 1.64.